The van der Waals surface area contributed by atoms with Gasteiger partial charge in [0, 0.05) is 14.2 Å². The Bertz CT molecular complexity index is 797. The number of hydrogen-bond acceptors (Lipinski definition) is 7. The van der Waals surface area contributed by atoms with Crippen molar-refractivity contribution in [2.24, 2.45) is 0 Å². The fourth-order valence-electron chi connectivity index (χ4n) is 3.57. The van der Waals surface area contributed by atoms with E-state index in [1.165, 1.54) is 0 Å². The topological polar surface area (TPSA) is 79.2 Å². The van der Waals surface area contributed by atoms with Crippen molar-refractivity contribution < 1.29 is 28.4 Å². The molecule has 0 spiro atoms. The minimum atomic E-state index is -0.703. The molecule has 0 unspecified atom stereocenters. The molecule has 2 aromatic carbocycles. The predicted octanol–water partition coefficient (Wildman–Crippen LogP) is 3.43. The first-order chi connectivity index (χ1) is 15.3. The molecule has 7 heteroatoms. The molecule has 0 radical (unpaired) electrons. The molecule has 1 aliphatic rings. The van der Waals surface area contributed by atoms with Gasteiger partial charge in [-0.25, -0.2) is 0 Å². The van der Waals surface area contributed by atoms with Crippen LogP contribution in [0.5, 0.6) is 0 Å². The normalized spacial score (nSPS) is 25.8. The fourth-order valence-corrected chi connectivity index (χ4v) is 3.57. The summed E-state index contributed by atoms with van der Waals surface area (Å²) in [5.74, 6) is 0. The number of benzene rings is 2. The SMILES string of the molecule is COCO[C@@H]1[C@H](OCc2ccccc2)[C@@H](OCc2ccccc2)[C@@H](OC)O[C@@H]1CC#N. The number of methoxy groups -OCH3 is 2. The quantitative estimate of drug-likeness (QED) is 0.508. The summed E-state index contributed by atoms with van der Waals surface area (Å²) >= 11 is 0. The number of hydrogen-bond donors (Lipinski definition) is 0. The molecule has 5 atom stereocenters. The summed E-state index contributed by atoms with van der Waals surface area (Å²) in [6.07, 6.45) is -2.77. The second-order valence-electron chi connectivity index (χ2n) is 7.20. The number of rotatable bonds is 11. The number of nitrogens with zero attached hydrogens (tertiary/aromatic N) is 1. The van der Waals surface area contributed by atoms with Crippen molar-refractivity contribution in [2.45, 2.75) is 50.3 Å². The van der Waals surface area contributed by atoms with E-state index < -0.39 is 30.7 Å². The molecular formula is C24H29NO6. The van der Waals surface area contributed by atoms with E-state index in [0.717, 1.165) is 11.1 Å². The van der Waals surface area contributed by atoms with E-state index in [-0.39, 0.29) is 13.2 Å². The first-order valence-corrected chi connectivity index (χ1v) is 10.2. The van der Waals surface area contributed by atoms with Crippen LogP contribution in [-0.2, 0) is 41.6 Å². The maximum atomic E-state index is 9.30. The second kappa shape index (κ2) is 12.5. The van der Waals surface area contributed by atoms with Gasteiger partial charge in [-0.15, -0.1) is 0 Å². The maximum Gasteiger partial charge on any atom is 0.186 e. The minimum Gasteiger partial charge on any atom is -0.368 e. The average Bonchev–Trinajstić information content (AvgIpc) is 2.82. The molecule has 0 N–H and O–H groups in total. The standard InChI is InChI=1S/C24H29NO6/c1-26-17-30-21-20(13-14-25)31-24(27-2)23(29-16-19-11-7-4-8-12-19)22(21)28-15-18-9-5-3-6-10-18/h3-12,20-24H,13,15-17H2,1-2H3/t20-,21+,22+,23-,24+/m1/s1. The van der Waals surface area contributed by atoms with Crippen molar-refractivity contribution in [1.29, 1.82) is 5.26 Å². The molecule has 1 fully saturated rings. The van der Waals surface area contributed by atoms with Gasteiger partial charge in [0.1, 0.15) is 31.2 Å². The molecule has 166 valence electrons. The van der Waals surface area contributed by atoms with Gasteiger partial charge < -0.3 is 28.4 Å². The Morgan fingerprint density at radius 1 is 0.806 bits per heavy atom. The van der Waals surface area contributed by atoms with Crippen LogP contribution in [0.25, 0.3) is 0 Å². The van der Waals surface area contributed by atoms with Crippen LogP contribution in [0.15, 0.2) is 60.7 Å². The Kier molecular flexibility index (Phi) is 9.43. The highest BCUT2D eigenvalue weighted by molar-refractivity contribution is 5.14. The molecule has 0 saturated carbocycles. The highest BCUT2D eigenvalue weighted by Gasteiger charge is 2.48. The van der Waals surface area contributed by atoms with Crippen LogP contribution in [0.1, 0.15) is 17.5 Å². The van der Waals surface area contributed by atoms with E-state index in [1.54, 1.807) is 14.2 Å². The van der Waals surface area contributed by atoms with Gasteiger partial charge >= 0.3 is 0 Å². The Hall–Kier alpha value is -2.31. The Labute approximate surface area is 183 Å². The lowest BCUT2D eigenvalue weighted by Gasteiger charge is -2.45. The van der Waals surface area contributed by atoms with E-state index in [1.807, 2.05) is 60.7 Å². The summed E-state index contributed by atoms with van der Waals surface area (Å²) in [5.41, 5.74) is 2.04. The largest absolute Gasteiger partial charge is 0.368 e. The Morgan fingerprint density at radius 3 is 1.90 bits per heavy atom. The molecular weight excluding hydrogens is 398 g/mol. The first kappa shape index (κ1) is 23.4. The van der Waals surface area contributed by atoms with Gasteiger partial charge in [0.2, 0.25) is 0 Å². The van der Waals surface area contributed by atoms with Gasteiger partial charge in [-0.3, -0.25) is 0 Å². The third-order valence-corrected chi connectivity index (χ3v) is 5.06. The van der Waals surface area contributed by atoms with Crippen LogP contribution in [0.3, 0.4) is 0 Å². The van der Waals surface area contributed by atoms with E-state index in [9.17, 15) is 5.26 Å². The number of nitriles is 1. The van der Waals surface area contributed by atoms with E-state index in [2.05, 4.69) is 6.07 Å². The van der Waals surface area contributed by atoms with Crippen LogP contribution in [0.4, 0.5) is 0 Å². The zero-order valence-corrected chi connectivity index (χ0v) is 17.9. The predicted molar refractivity (Wildman–Crippen MR) is 113 cm³/mol. The lowest BCUT2D eigenvalue weighted by molar-refractivity contribution is -0.321. The number of ether oxygens (including phenoxy) is 6. The molecule has 0 amide bonds. The lowest BCUT2D eigenvalue weighted by atomic mass is 9.96. The van der Waals surface area contributed by atoms with Crippen molar-refractivity contribution in [3.05, 3.63) is 71.8 Å². The van der Waals surface area contributed by atoms with Gasteiger partial charge in [0.15, 0.2) is 6.29 Å². The van der Waals surface area contributed by atoms with Gasteiger partial charge in [-0.2, -0.15) is 5.26 Å². The first-order valence-electron chi connectivity index (χ1n) is 10.2. The van der Waals surface area contributed by atoms with Crippen molar-refractivity contribution in [1.82, 2.24) is 0 Å². The summed E-state index contributed by atoms with van der Waals surface area (Å²) in [6.45, 7) is 0.767. The van der Waals surface area contributed by atoms with Gasteiger partial charge in [-0.05, 0) is 11.1 Å². The van der Waals surface area contributed by atoms with Gasteiger partial charge in [0.05, 0.1) is 25.7 Å². The third-order valence-electron chi connectivity index (χ3n) is 5.06. The summed E-state index contributed by atoms with van der Waals surface area (Å²) in [4.78, 5) is 0. The Morgan fingerprint density at radius 2 is 1.39 bits per heavy atom. The zero-order chi connectivity index (χ0) is 21.9. The van der Waals surface area contributed by atoms with E-state index >= 15 is 0 Å². The van der Waals surface area contributed by atoms with Crippen molar-refractivity contribution in [3.8, 4) is 6.07 Å². The smallest absolute Gasteiger partial charge is 0.186 e. The van der Waals surface area contributed by atoms with Gasteiger partial charge in [-0.1, -0.05) is 60.7 Å². The van der Waals surface area contributed by atoms with Crippen LogP contribution in [0, 0.1) is 11.3 Å². The second-order valence-corrected chi connectivity index (χ2v) is 7.20. The third kappa shape index (κ3) is 6.58. The molecule has 1 saturated heterocycles. The molecule has 7 nitrogen and oxygen atoms in total. The molecule has 2 aromatic rings. The van der Waals surface area contributed by atoms with Gasteiger partial charge in [0.25, 0.3) is 0 Å². The summed E-state index contributed by atoms with van der Waals surface area (Å²) in [6, 6.07) is 21.9. The zero-order valence-electron chi connectivity index (χ0n) is 17.9. The molecule has 1 aliphatic heterocycles. The summed E-state index contributed by atoms with van der Waals surface area (Å²) in [5, 5.41) is 9.30. The van der Waals surface area contributed by atoms with Crippen LogP contribution in [-0.4, -0.2) is 51.7 Å². The minimum absolute atomic E-state index is 0.0458. The highest BCUT2D eigenvalue weighted by Crippen LogP contribution is 2.31. The Balaban J connectivity index is 1.83. The van der Waals surface area contributed by atoms with Crippen molar-refractivity contribution in [2.75, 3.05) is 21.0 Å². The molecule has 31 heavy (non-hydrogen) atoms. The molecule has 0 aromatic heterocycles. The lowest BCUT2D eigenvalue weighted by Crippen LogP contribution is -2.60. The van der Waals surface area contributed by atoms with Crippen molar-refractivity contribution in [3.63, 3.8) is 0 Å². The highest BCUT2D eigenvalue weighted by atomic mass is 16.7. The van der Waals surface area contributed by atoms with Crippen LogP contribution in [0.2, 0.25) is 0 Å². The molecule has 1 heterocycles. The van der Waals surface area contributed by atoms with E-state index in [4.69, 9.17) is 28.4 Å². The summed E-state index contributed by atoms with van der Waals surface area (Å²) < 4.78 is 35.2. The monoisotopic (exact) mass is 427 g/mol. The van der Waals surface area contributed by atoms with Crippen molar-refractivity contribution >= 4 is 0 Å². The summed E-state index contributed by atoms with van der Waals surface area (Å²) in [7, 11) is 3.10. The van der Waals surface area contributed by atoms with E-state index in [0.29, 0.717) is 13.2 Å². The average molecular weight is 427 g/mol. The molecule has 3 rings (SSSR count). The maximum absolute atomic E-state index is 9.30. The fraction of sp³-hybridized carbons (Fsp3) is 0.458. The molecule has 0 bridgehead atoms. The molecule has 0 aliphatic carbocycles. The van der Waals surface area contributed by atoms with Crippen LogP contribution < -0.4 is 0 Å². The van der Waals surface area contributed by atoms with Crippen LogP contribution >= 0.6 is 0 Å².